The highest BCUT2D eigenvalue weighted by Crippen LogP contribution is 2.29. The minimum Gasteiger partial charge on any atom is -0.358 e. The van der Waals surface area contributed by atoms with Gasteiger partial charge in [-0.15, -0.1) is 11.3 Å². The van der Waals surface area contributed by atoms with Gasteiger partial charge in [-0.1, -0.05) is 0 Å². The van der Waals surface area contributed by atoms with Crippen LogP contribution < -0.4 is 10.6 Å². The number of rotatable bonds is 3. The molecule has 0 aliphatic rings. The van der Waals surface area contributed by atoms with Crippen molar-refractivity contribution in [2.45, 2.75) is 19.9 Å². The lowest BCUT2D eigenvalue weighted by molar-refractivity contribution is -0.121. The average molecular weight is 285 g/mol. The number of hydrogen-bond acceptors (Lipinski definition) is 5. The van der Waals surface area contributed by atoms with Gasteiger partial charge in [0.05, 0.1) is 5.39 Å². The smallest absolute Gasteiger partial charge is 0.241 e. The van der Waals surface area contributed by atoms with E-state index in [1.807, 2.05) is 13.0 Å². The van der Waals surface area contributed by atoms with Gasteiger partial charge in [0.1, 0.15) is 16.7 Å². The van der Waals surface area contributed by atoms with Crippen molar-refractivity contribution in [3.63, 3.8) is 0 Å². The Morgan fingerprint density at radius 2 is 2.22 bits per heavy atom. The third-order valence-corrected chi connectivity index (χ3v) is 3.59. The van der Waals surface area contributed by atoms with Crippen molar-refractivity contribution in [3.8, 4) is 0 Å². The summed E-state index contributed by atoms with van der Waals surface area (Å²) in [5.41, 5.74) is 0. The Kier molecular flexibility index (Phi) is 3.68. The highest BCUT2D eigenvalue weighted by atomic mass is 35.5. The van der Waals surface area contributed by atoms with Crippen molar-refractivity contribution in [2.75, 3.05) is 12.4 Å². The molecule has 1 unspecified atom stereocenters. The molecule has 0 spiro atoms. The zero-order valence-corrected chi connectivity index (χ0v) is 11.8. The molecule has 0 bridgehead atoms. The Balaban J connectivity index is 2.40. The normalized spacial score (nSPS) is 12.4. The zero-order valence-electron chi connectivity index (χ0n) is 10.2. The fraction of sp³-hybridized carbons (Fsp3) is 0.364. The molecule has 2 rings (SSSR count). The van der Waals surface area contributed by atoms with E-state index in [0.717, 1.165) is 15.1 Å². The highest BCUT2D eigenvalue weighted by Gasteiger charge is 2.15. The van der Waals surface area contributed by atoms with Gasteiger partial charge in [0, 0.05) is 11.9 Å². The van der Waals surface area contributed by atoms with E-state index in [1.54, 1.807) is 25.3 Å². The van der Waals surface area contributed by atoms with E-state index in [0.29, 0.717) is 5.82 Å². The number of amides is 1. The largest absolute Gasteiger partial charge is 0.358 e. The number of aryl methyl sites for hydroxylation is 1. The number of thiophene rings is 1. The standard InChI is InChI=1S/C11H13ClN4OS/c1-5-4-7-8(14-6(2)9(17)13-3)15-11(12)16-10(7)18-5/h4,6H,1-3H3,(H,13,17)(H,14,15,16). The molecule has 2 aromatic rings. The van der Waals surface area contributed by atoms with Gasteiger partial charge in [0.15, 0.2) is 0 Å². The summed E-state index contributed by atoms with van der Waals surface area (Å²) in [6.45, 7) is 3.76. The number of carbonyl (C=O) groups excluding carboxylic acids is 1. The summed E-state index contributed by atoms with van der Waals surface area (Å²) in [5, 5.41) is 6.69. The molecule has 5 nitrogen and oxygen atoms in total. The average Bonchev–Trinajstić information content (AvgIpc) is 2.68. The summed E-state index contributed by atoms with van der Waals surface area (Å²) in [6, 6.07) is 1.60. The Labute approximate surface area is 114 Å². The van der Waals surface area contributed by atoms with E-state index < -0.39 is 0 Å². The third kappa shape index (κ3) is 2.54. The predicted octanol–water partition coefficient (Wildman–Crippen LogP) is 2.20. The van der Waals surface area contributed by atoms with Gasteiger partial charge in [-0.2, -0.15) is 0 Å². The molecule has 0 fully saturated rings. The van der Waals surface area contributed by atoms with E-state index in [2.05, 4.69) is 20.6 Å². The van der Waals surface area contributed by atoms with Crippen LogP contribution in [-0.4, -0.2) is 29.0 Å². The third-order valence-electron chi connectivity index (χ3n) is 2.48. The molecule has 0 radical (unpaired) electrons. The lowest BCUT2D eigenvalue weighted by Crippen LogP contribution is -2.35. The second-order valence-electron chi connectivity index (χ2n) is 3.90. The number of aromatic nitrogens is 2. The molecule has 18 heavy (non-hydrogen) atoms. The predicted molar refractivity (Wildman–Crippen MR) is 74.3 cm³/mol. The van der Waals surface area contributed by atoms with E-state index in [4.69, 9.17) is 11.6 Å². The number of fused-ring (bicyclic) bond motifs is 1. The number of hydrogen-bond donors (Lipinski definition) is 2. The molecule has 2 N–H and O–H groups in total. The lowest BCUT2D eigenvalue weighted by Gasteiger charge is -2.13. The molecule has 0 aliphatic heterocycles. The van der Waals surface area contributed by atoms with Crippen molar-refractivity contribution >= 4 is 44.9 Å². The number of anilines is 1. The van der Waals surface area contributed by atoms with Gasteiger partial charge in [-0.05, 0) is 31.5 Å². The van der Waals surface area contributed by atoms with Crippen molar-refractivity contribution in [3.05, 3.63) is 16.2 Å². The molecule has 1 amide bonds. The minimum absolute atomic E-state index is 0.107. The molecule has 0 saturated heterocycles. The van der Waals surface area contributed by atoms with Crippen LogP contribution in [0, 0.1) is 6.92 Å². The number of likely N-dealkylation sites (N-methyl/N-ethyl adjacent to an activating group) is 1. The van der Waals surface area contributed by atoms with Gasteiger partial charge < -0.3 is 10.6 Å². The van der Waals surface area contributed by atoms with E-state index in [1.165, 1.54) is 0 Å². The molecule has 2 heterocycles. The molecular formula is C11H13ClN4OS. The van der Waals surface area contributed by atoms with Gasteiger partial charge in [0.2, 0.25) is 11.2 Å². The summed E-state index contributed by atoms with van der Waals surface area (Å²) in [6.07, 6.45) is 0. The summed E-state index contributed by atoms with van der Waals surface area (Å²) < 4.78 is 0. The summed E-state index contributed by atoms with van der Waals surface area (Å²) in [5.74, 6) is 0.482. The molecule has 0 aromatic carbocycles. The van der Waals surface area contributed by atoms with Gasteiger partial charge >= 0.3 is 0 Å². The second kappa shape index (κ2) is 5.07. The Morgan fingerprint density at radius 3 is 2.89 bits per heavy atom. The van der Waals surface area contributed by atoms with Crippen LogP contribution in [0.4, 0.5) is 5.82 Å². The number of halogens is 1. The van der Waals surface area contributed by atoms with Crippen LogP contribution in [0.25, 0.3) is 10.2 Å². The van der Waals surface area contributed by atoms with Crippen molar-refractivity contribution in [1.29, 1.82) is 0 Å². The molecule has 2 aromatic heterocycles. The van der Waals surface area contributed by atoms with Crippen molar-refractivity contribution in [2.24, 2.45) is 0 Å². The minimum atomic E-state index is -0.385. The summed E-state index contributed by atoms with van der Waals surface area (Å²) >= 11 is 7.42. The van der Waals surface area contributed by atoms with Crippen LogP contribution in [0.2, 0.25) is 5.28 Å². The summed E-state index contributed by atoms with van der Waals surface area (Å²) in [4.78, 5) is 21.7. The van der Waals surface area contributed by atoms with Gasteiger partial charge in [-0.3, -0.25) is 4.79 Å². The van der Waals surface area contributed by atoms with Gasteiger partial charge in [-0.25, -0.2) is 9.97 Å². The second-order valence-corrected chi connectivity index (χ2v) is 5.47. The van der Waals surface area contributed by atoms with Gasteiger partial charge in [0.25, 0.3) is 0 Å². The highest BCUT2D eigenvalue weighted by molar-refractivity contribution is 7.18. The Morgan fingerprint density at radius 1 is 1.50 bits per heavy atom. The van der Waals surface area contributed by atoms with Crippen LogP contribution in [0.1, 0.15) is 11.8 Å². The van der Waals surface area contributed by atoms with Crippen molar-refractivity contribution < 1.29 is 4.79 Å². The number of nitrogens with one attached hydrogen (secondary N) is 2. The fourth-order valence-electron chi connectivity index (χ4n) is 1.61. The maximum Gasteiger partial charge on any atom is 0.241 e. The Hall–Kier alpha value is -1.40. The maximum absolute atomic E-state index is 11.5. The van der Waals surface area contributed by atoms with Crippen LogP contribution in [-0.2, 0) is 4.79 Å². The zero-order chi connectivity index (χ0) is 13.3. The van der Waals surface area contributed by atoms with E-state index in [-0.39, 0.29) is 17.2 Å². The molecule has 0 aliphatic carbocycles. The lowest BCUT2D eigenvalue weighted by atomic mass is 10.3. The first-order valence-corrected chi connectivity index (χ1v) is 6.62. The quantitative estimate of drug-likeness (QED) is 0.848. The van der Waals surface area contributed by atoms with Crippen LogP contribution in [0.15, 0.2) is 6.07 Å². The SMILES string of the molecule is CNC(=O)C(C)Nc1nc(Cl)nc2sc(C)cc12. The summed E-state index contributed by atoms with van der Waals surface area (Å²) in [7, 11) is 1.60. The van der Waals surface area contributed by atoms with Crippen LogP contribution >= 0.6 is 22.9 Å². The van der Waals surface area contributed by atoms with Crippen LogP contribution in [0.3, 0.4) is 0 Å². The van der Waals surface area contributed by atoms with Crippen LogP contribution in [0.5, 0.6) is 0 Å². The molecule has 7 heteroatoms. The monoisotopic (exact) mass is 284 g/mol. The molecule has 0 saturated carbocycles. The molecular weight excluding hydrogens is 272 g/mol. The van der Waals surface area contributed by atoms with E-state index >= 15 is 0 Å². The van der Waals surface area contributed by atoms with Crippen molar-refractivity contribution in [1.82, 2.24) is 15.3 Å². The number of carbonyl (C=O) groups is 1. The Bertz CT molecular complexity index is 598. The fourth-order valence-corrected chi connectivity index (χ4v) is 2.71. The molecule has 96 valence electrons. The van der Waals surface area contributed by atoms with E-state index in [9.17, 15) is 4.79 Å². The number of nitrogens with zero attached hydrogens (tertiary/aromatic N) is 2. The first-order valence-electron chi connectivity index (χ1n) is 5.43. The molecule has 1 atom stereocenters. The first kappa shape index (κ1) is 13.0. The maximum atomic E-state index is 11.5. The topological polar surface area (TPSA) is 66.9 Å². The first-order chi connectivity index (χ1) is 8.51.